The minimum atomic E-state index is -0.0279. The Morgan fingerprint density at radius 2 is 2.22 bits per heavy atom. The fourth-order valence-corrected chi connectivity index (χ4v) is 1.78. The third-order valence-corrected chi connectivity index (χ3v) is 2.78. The summed E-state index contributed by atoms with van der Waals surface area (Å²) in [6.07, 6.45) is 5.33. The van der Waals surface area contributed by atoms with E-state index in [1.807, 2.05) is 31.2 Å². The molecule has 4 heteroatoms. The second-order valence-electron chi connectivity index (χ2n) is 4.13. The van der Waals surface area contributed by atoms with Gasteiger partial charge in [0.05, 0.1) is 12.5 Å². The van der Waals surface area contributed by atoms with Gasteiger partial charge in [-0.2, -0.15) is 4.98 Å². The van der Waals surface area contributed by atoms with Gasteiger partial charge >= 0.3 is 0 Å². The first-order chi connectivity index (χ1) is 8.78. The van der Waals surface area contributed by atoms with Crippen LogP contribution < -0.4 is 4.74 Å². The Bertz CT molecular complexity index is 643. The molecule has 0 aromatic carbocycles. The minimum absolute atomic E-state index is 0.0279. The Morgan fingerprint density at radius 1 is 1.39 bits per heavy atom. The lowest BCUT2D eigenvalue weighted by Gasteiger charge is -2.04. The first-order valence-corrected chi connectivity index (χ1v) is 5.90. The average molecular weight is 240 g/mol. The highest BCUT2D eigenvalue weighted by atomic mass is 16.5. The van der Waals surface area contributed by atoms with Crippen LogP contribution in [0, 0.1) is 5.92 Å². The molecular weight excluding hydrogens is 228 g/mol. The normalized spacial score (nSPS) is 13.8. The van der Waals surface area contributed by atoms with E-state index in [4.69, 9.17) is 4.74 Å². The van der Waals surface area contributed by atoms with Gasteiger partial charge in [-0.25, -0.2) is 4.98 Å². The molecule has 1 aliphatic rings. The van der Waals surface area contributed by atoms with E-state index in [9.17, 15) is 4.79 Å². The Hall–Kier alpha value is -2.23. The van der Waals surface area contributed by atoms with Gasteiger partial charge in [0.2, 0.25) is 5.88 Å². The molecule has 0 aliphatic heterocycles. The summed E-state index contributed by atoms with van der Waals surface area (Å²) >= 11 is 0. The minimum Gasteiger partial charge on any atom is -0.478 e. The van der Waals surface area contributed by atoms with E-state index in [0.717, 1.165) is 5.39 Å². The summed E-state index contributed by atoms with van der Waals surface area (Å²) in [5.41, 5.74) is 1.23. The van der Waals surface area contributed by atoms with Gasteiger partial charge in [-0.15, -0.1) is 0 Å². The Kier molecular flexibility index (Phi) is 2.55. The van der Waals surface area contributed by atoms with Crippen molar-refractivity contribution >= 4 is 16.8 Å². The van der Waals surface area contributed by atoms with Gasteiger partial charge in [0.1, 0.15) is 0 Å². The number of carbonyl (C=O) groups is 1. The van der Waals surface area contributed by atoms with E-state index in [0.29, 0.717) is 23.7 Å². The molecule has 0 radical (unpaired) electrons. The quantitative estimate of drug-likeness (QED) is 0.608. The van der Waals surface area contributed by atoms with Crippen LogP contribution in [0.5, 0.6) is 5.88 Å². The summed E-state index contributed by atoms with van der Waals surface area (Å²) < 4.78 is 5.31. The number of Topliss-reactive ketones (excluding diaryl/α,β-unsaturated/α-hetero) is 1. The van der Waals surface area contributed by atoms with E-state index in [-0.39, 0.29) is 11.7 Å². The maximum absolute atomic E-state index is 11.9. The van der Waals surface area contributed by atoms with Crippen LogP contribution in [0.3, 0.4) is 0 Å². The smallest absolute Gasteiger partial charge is 0.215 e. The number of nitrogens with zero attached hydrogens (tertiary/aromatic N) is 2. The molecule has 2 aromatic heterocycles. The number of pyridine rings is 2. The average Bonchev–Trinajstić information content (AvgIpc) is 3.22. The van der Waals surface area contributed by atoms with Crippen molar-refractivity contribution < 1.29 is 9.53 Å². The van der Waals surface area contributed by atoms with Crippen molar-refractivity contribution in [2.24, 2.45) is 5.92 Å². The third-order valence-electron chi connectivity index (χ3n) is 2.78. The summed E-state index contributed by atoms with van der Waals surface area (Å²) in [5.74, 6) is 0.624. The molecule has 0 amide bonds. The van der Waals surface area contributed by atoms with Gasteiger partial charge < -0.3 is 4.74 Å². The third kappa shape index (κ3) is 1.97. The molecule has 18 heavy (non-hydrogen) atoms. The highest BCUT2D eigenvalue weighted by molar-refractivity contribution is 6.03. The molecule has 0 saturated heterocycles. The molecule has 3 rings (SSSR count). The molecule has 90 valence electrons. The molecule has 4 nitrogen and oxygen atoms in total. The van der Waals surface area contributed by atoms with Gasteiger partial charge in [-0.1, -0.05) is 12.2 Å². The van der Waals surface area contributed by atoms with Crippen molar-refractivity contribution in [1.29, 1.82) is 0 Å². The number of ether oxygens (including phenoxy) is 1. The van der Waals surface area contributed by atoms with E-state index in [2.05, 4.69) is 9.97 Å². The van der Waals surface area contributed by atoms with Gasteiger partial charge in [0.15, 0.2) is 11.4 Å². The number of aromatic nitrogens is 2. The zero-order chi connectivity index (χ0) is 12.5. The van der Waals surface area contributed by atoms with Crippen molar-refractivity contribution in [3.8, 4) is 5.88 Å². The second-order valence-corrected chi connectivity index (χ2v) is 4.13. The molecule has 0 atom stereocenters. The molecule has 0 fully saturated rings. The fourth-order valence-electron chi connectivity index (χ4n) is 1.78. The Morgan fingerprint density at radius 3 is 2.94 bits per heavy atom. The maximum atomic E-state index is 11.9. The van der Waals surface area contributed by atoms with Gasteiger partial charge in [0.25, 0.3) is 0 Å². The molecule has 2 aromatic rings. The number of hydrogen-bond acceptors (Lipinski definition) is 4. The predicted octanol–water partition coefficient (Wildman–Crippen LogP) is 2.40. The molecular formula is C14H12N2O2. The van der Waals surface area contributed by atoms with Crippen LogP contribution >= 0.6 is 0 Å². The van der Waals surface area contributed by atoms with Crippen LogP contribution in [0.25, 0.3) is 11.0 Å². The largest absolute Gasteiger partial charge is 0.478 e. The SMILES string of the molecule is CCOc1ccc2cc(C(=O)C3C=C3)cnc2n1. The monoisotopic (exact) mass is 240 g/mol. The topological polar surface area (TPSA) is 52.1 Å². The number of carbonyl (C=O) groups excluding carboxylic acids is 1. The van der Waals surface area contributed by atoms with Crippen LogP contribution in [0.1, 0.15) is 17.3 Å². The molecule has 0 saturated carbocycles. The first-order valence-electron chi connectivity index (χ1n) is 5.90. The lowest BCUT2D eigenvalue weighted by molar-refractivity contribution is 0.0977. The lowest BCUT2D eigenvalue weighted by atomic mass is 10.1. The van der Waals surface area contributed by atoms with E-state index in [1.165, 1.54) is 0 Å². The summed E-state index contributed by atoms with van der Waals surface area (Å²) in [6, 6.07) is 5.49. The highest BCUT2D eigenvalue weighted by Crippen LogP contribution is 2.23. The number of allylic oxidation sites excluding steroid dienone is 2. The molecule has 0 unspecified atom stereocenters. The predicted molar refractivity (Wildman–Crippen MR) is 67.7 cm³/mol. The second kappa shape index (κ2) is 4.22. The number of rotatable bonds is 4. The molecule has 1 aliphatic carbocycles. The summed E-state index contributed by atoms with van der Waals surface area (Å²) in [7, 11) is 0. The van der Waals surface area contributed by atoms with Crippen LogP contribution in [-0.2, 0) is 0 Å². The van der Waals surface area contributed by atoms with Crippen LogP contribution in [0.4, 0.5) is 0 Å². The molecule has 0 bridgehead atoms. The van der Waals surface area contributed by atoms with Crippen LogP contribution in [0.2, 0.25) is 0 Å². The van der Waals surface area contributed by atoms with Crippen molar-refractivity contribution in [3.63, 3.8) is 0 Å². The molecule has 0 N–H and O–H groups in total. The standard InChI is InChI=1S/C14H12N2O2/c1-2-18-12-6-5-10-7-11(8-15-14(10)16-12)13(17)9-3-4-9/h3-9H,2H2,1H3. The van der Waals surface area contributed by atoms with Gasteiger partial charge in [-0.05, 0) is 19.1 Å². The van der Waals surface area contributed by atoms with Gasteiger partial charge in [0, 0.05) is 23.2 Å². The zero-order valence-electron chi connectivity index (χ0n) is 9.96. The Balaban J connectivity index is 1.97. The molecule has 0 spiro atoms. The molecule has 2 heterocycles. The van der Waals surface area contributed by atoms with Crippen molar-refractivity contribution in [1.82, 2.24) is 9.97 Å². The Labute approximate surface area is 104 Å². The fraction of sp³-hybridized carbons (Fsp3) is 0.214. The van der Waals surface area contributed by atoms with Crippen LogP contribution in [0.15, 0.2) is 36.5 Å². The van der Waals surface area contributed by atoms with Crippen LogP contribution in [-0.4, -0.2) is 22.4 Å². The highest BCUT2D eigenvalue weighted by Gasteiger charge is 2.22. The van der Waals surface area contributed by atoms with Crippen molar-refractivity contribution in [3.05, 3.63) is 42.1 Å². The lowest BCUT2D eigenvalue weighted by Crippen LogP contribution is -2.03. The van der Waals surface area contributed by atoms with Gasteiger partial charge in [-0.3, -0.25) is 4.79 Å². The maximum Gasteiger partial charge on any atom is 0.215 e. The number of ketones is 1. The number of hydrogen-bond donors (Lipinski definition) is 0. The number of fused-ring (bicyclic) bond motifs is 1. The zero-order valence-corrected chi connectivity index (χ0v) is 9.96. The summed E-state index contributed by atoms with van der Waals surface area (Å²) in [6.45, 7) is 2.48. The van der Waals surface area contributed by atoms with Crippen molar-refractivity contribution in [2.75, 3.05) is 6.61 Å². The van der Waals surface area contributed by atoms with E-state index < -0.39 is 0 Å². The summed E-state index contributed by atoms with van der Waals surface area (Å²) in [5, 5.41) is 0.852. The van der Waals surface area contributed by atoms with E-state index >= 15 is 0 Å². The first kappa shape index (κ1) is 10.9. The summed E-state index contributed by atoms with van der Waals surface area (Å²) in [4.78, 5) is 20.4. The van der Waals surface area contributed by atoms with E-state index in [1.54, 1.807) is 12.3 Å². The van der Waals surface area contributed by atoms with Crippen molar-refractivity contribution in [2.45, 2.75) is 6.92 Å².